The molecule has 2 aromatic carbocycles. The first kappa shape index (κ1) is 23.6. The van der Waals surface area contributed by atoms with Crippen molar-refractivity contribution in [3.05, 3.63) is 75.7 Å². The molecule has 0 amide bonds. The van der Waals surface area contributed by atoms with Crippen LogP contribution in [0.15, 0.2) is 47.4 Å². The average molecular weight is 500 g/mol. The van der Waals surface area contributed by atoms with E-state index in [2.05, 4.69) is 27.1 Å². The zero-order valence-corrected chi connectivity index (χ0v) is 21.5. The molecule has 2 aromatic heterocycles. The summed E-state index contributed by atoms with van der Waals surface area (Å²) in [5.74, 6) is 0.526. The molecule has 1 atom stereocenters. The number of ether oxygens (including phenoxy) is 1. The average Bonchev–Trinajstić information content (AvgIpc) is 2.89. The Morgan fingerprint density at radius 2 is 2.03 bits per heavy atom. The number of pyridine rings is 1. The van der Waals surface area contributed by atoms with Crippen LogP contribution in [0.1, 0.15) is 43.5 Å². The van der Waals surface area contributed by atoms with E-state index in [9.17, 15) is 4.79 Å². The fourth-order valence-corrected chi connectivity index (χ4v) is 5.60. The summed E-state index contributed by atoms with van der Waals surface area (Å²) in [7, 11) is 0. The fourth-order valence-electron chi connectivity index (χ4n) is 5.60. The molecule has 1 N–H and O–H groups in total. The van der Waals surface area contributed by atoms with E-state index in [1.165, 1.54) is 6.07 Å². The van der Waals surface area contributed by atoms with Crippen LogP contribution in [0, 0.1) is 12.7 Å². The molecule has 0 saturated carbocycles. The minimum Gasteiger partial charge on any atom is -0.486 e. The number of hydrogen-bond donors (Lipinski definition) is 1. The van der Waals surface area contributed by atoms with Crippen LogP contribution >= 0.6 is 0 Å². The molecule has 37 heavy (non-hydrogen) atoms. The normalized spacial score (nSPS) is 17.0. The topological polar surface area (TPSA) is 72.3 Å². The van der Waals surface area contributed by atoms with Crippen LogP contribution in [0.4, 0.5) is 10.2 Å². The van der Waals surface area contributed by atoms with Crippen molar-refractivity contribution in [3.8, 4) is 22.6 Å². The second-order valence-corrected chi connectivity index (χ2v) is 10.2. The van der Waals surface area contributed by atoms with E-state index in [4.69, 9.17) is 4.74 Å². The highest BCUT2D eigenvalue weighted by molar-refractivity contribution is 6.00. The molecule has 0 bridgehead atoms. The summed E-state index contributed by atoms with van der Waals surface area (Å²) in [6.07, 6.45) is 1.76. The molecule has 2 aliphatic rings. The lowest BCUT2D eigenvalue weighted by atomic mass is 9.94. The van der Waals surface area contributed by atoms with Gasteiger partial charge in [-0.05, 0) is 48.6 Å². The Hall–Kier alpha value is -3.78. The maximum absolute atomic E-state index is 16.0. The summed E-state index contributed by atoms with van der Waals surface area (Å²) in [4.78, 5) is 25.3. The Morgan fingerprint density at radius 1 is 1.22 bits per heavy atom. The highest BCUT2D eigenvalue weighted by Crippen LogP contribution is 2.46. The van der Waals surface area contributed by atoms with Crippen LogP contribution in [0.2, 0.25) is 0 Å². The van der Waals surface area contributed by atoms with Crippen LogP contribution < -0.4 is 20.6 Å². The first-order chi connectivity index (χ1) is 17.9. The number of nitrogens with one attached hydrogen (secondary N) is 1. The van der Waals surface area contributed by atoms with Crippen LogP contribution in [0.25, 0.3) is 27.7 Å². The van der Waals surface area contributed by atoms with Gasteiger partial charge < -0.3 is 15.0 Å². The van der Waals surface area contributed by atoms with Gasteiger partial charge in [-0.25, -0.2) is 9.18 Å². The first-order valence-corrected chi connectivity index (χ1v) is 12.8. The van der Waals surface area contributed by atoms with E-state index in [-0.39, 0.29) is 12.0 Å². The Balaban J connectivity index is 1.78. The fraction of sp³-hybridized carbons (Fsp3) is 0.345. The predicted octanol–water partition coefficient (Wildman–Crippen LogP) is 4.71. The number of aromatic nitrogens is 3. The molecule has 0 unspecified atom stereocenters. The summed E-state index contributed by atoms with van der Waals surface area (Å²) in [5.41, 5.74) is 4.52. The van der Waals surface area contributed by atoms with Crippen molar-refractivity contribution in [2.75, 3.05) is 24.5 Å². The quantitative estimate of drug-likeness (QED) is 0.440. The van der Waals surface area contributed by atoms with E-state index in [1.54, 1.807) is 10.8 Å². The Kier molecular flexibility index (Phi) is 5.71. The van der Waals surface area contributed by atoms with Gasteiger partial charge in [-0.3, -0.25) is 9.55 Å². The maximum atomic E-state index is 16.0. The van der Waals surface area contributed by atoms with Gasteiger partial charge in [0.1, 0.15) is 23.8 Å². The molecule has 4 heterocycles. The molecule has 0 spiro atoms. The van der Waals surface area contributed by atoms with Gasteiger partial charge in [0.15, 0.2) is 5.75 Å². The van der Waals surface area contributed by atoms with E-state index in [1.807, 2.05) is 51.1 Å². The highest BCUT2D eigenvalue weighted by Gasteiger charge is 2.31. The van der Waals surface area contributed by atoms with E-state index >= 15 is 4.39 Å². The van der Waals surface area contributed by atoms with Gasteiger partial charge in [0, 0.05) is 37.3 Å². The second-order valence-electron chi connectivity index (χ2n) is 10.2. The van der Waals surface area contributed by atoms with Crippen molar-refractivity contribution in [2.45, 2.75) is 46.3 Å². The van der Waals surface area contributed by atoms with Crippen LogP contribution in [-0.2, 0) is 6.61 Å². The monoisotopic (exact) mass is 499 g/mol. The van der Waals surface area contributed by atoms with Gasteiger partial charge in [0.05, 0.1) is 16.9 Å². The van der Waals surface area contributed by atoms with Gasteiger partial charge in [-0.1, -0.05) is 38.1 Å². The largest absolute Gasteiger partial charge is 0.486 e. The number of nitrogens with zero attached hydrogens (tertiary/aromatic N) is 4. The standard InChI is InChI=1S/C29H30FN5O2/c1-16(2)24-25(17(3)9-10-32-24)35-26-21(28(33-29(35)36)34-12-11-31-14-18(34)4)13-22(30)23-20-8-6-5-7-19(20)15-37-27(23)26/h5-10,13,16,18,31H,11-12,14-15H2,1-4H3/t18-/m0/s1. The van der Waals surface area contributed by atoms with Gasteiger partial charge >= 0.3 is 5.69 Å². The highest BCUT2D eigenvalue weighted by atomic mass is 19.1. The summed E-state index contributed by atoms with van der Waals surface area (Å²) in [6, 6.07) is 11.2. The zero-order valence-electron chi connectivity index (χ0n) is 21.5. The number of piperazine rings is 1. The van der Waals surface area contributed by atoms with Crippen LogP contribution in [0.3, 0.4) is 0 Å². The summed E-state index contributed by atoms with van der Waals surface area (Å²) in [5, 5.41) is 3.93. The Labute approximate surface area is 214 Å². The van der Waals surface area contributed by atoms with Gasteiger partial charge in [-0.15, -0.1) is 0 Å². The molecule has 7 nitrogen and oxygen atoms in total. The lowest BCUT2D eigenvalue weighted by molar-refractivity contribution is 0.303. The number of halogens is 1. The first-order valence-electron chi connectivity index (χ1n) is 12.8. The van der Waals surface area contributed by atoms with Crippen LogP contribution in [-0.4, -0.2) is 40.2 Å². The summed E-state index contributed by atoms with van der Waals surface area (Å²) >= 11 is 0. The van der Waals surface area contributed by atoms with Crippen LogP contribution in [0.5, 0.6) is 5.75 Å². The molecule has 1 fully saturated rings. The molecule has 4 aromatic rings. The number of fused-ring (bicyclic) bond motifs is 5. The van der Waals surface area contributed by atoms with E-state index in [0.29, 0.717) is 46.9 Å². The van der Waals surface area contributed by atoms with E-state index in [0.717, 1.165) is 35.5 Å². The van der Waals surface area contributed by atoms with Gasteiger partial charge in [0.2, 0.25) is 0 Å². The number of benzene rings is 2. The Bertz CT molecular complexity index is 1600. The molecular weight excluding hydrogens is 469 g/mol. The third kappa shape index (κ3) is 3.70. The SMILES string of the molecule is Cc1ccnc(C(C)C)c1-n1c(=O)nc(N2CCNC[C@@H]2C)c2cc(F)c3c(c21)OCc1ccccc1-3. The van der Waals surface area contributed by atoms with Crippen molar-refractivity contribution in [2.24, 2.45) is 0 Å². The van der Waals surface area contributed by atoms with Crippen molar-refractivity contribution in [1.82, 2.24) is 19.9 Å². The van der Waals surface area contributed by atoms with Gasteiger partial charge in [-0.2, -0.15) is 4.98 Å². The maximum Gasteiger partial charge on any atom is 0.354 e. The number of anilines is 1. The van der Waals surface area contributed by atoms with Crippen molar-refractivity contribution in [1.29, 1.82) is 0 Å². The molecule has 1 saturated heterocycles. The smallest absolute Gasteiger partial charge is 0.354 e. The number of aryl methyl sites for hydroxylation is 1. The number of hydrogen-bond acceptors (Lipinski definition) is 6. The predicted molar refractivity (Wildman–Crippen MR) is 143 cm³/mol. The summed E-state index contributed by atoms with van der Waals surface area (Å²) in [6.45, 7) is 10.6. The molecule has 190 valence electrons. The molecular formula is C29H30FN5O2. The lowest BCUT2D eigenvalue weighted by Gasteiger charge is -2.36. The minimum absolute atomic E-state index is 0.0580. The number of rotatable bonds is 3. The Morgan fingerprint density at radius 3 is 2.81 bits per heavy atom. The molecule has 2 aliphatic heterocycles. The third-order valence-corrected chi connectivity index (χ3v) is 7.42. The second kappa shape index (κ2) is 8.95. The molecule has 0 radical (unpaired) electrons. The van der Waals surface area contributed by atoms with E-state index < -0.39 is 11.5 Å². The minimum atomic E-state index is -0.428. The van der Waals surface area contributed by atoms with Gasteiger partial charge in [0.25, 0.3) is 0 Å². The van der Waals surface area contributed by atoms with Crippen molar-refractivity contribution < 1.29 is 9.13 Å². The molecule has 8 heteroatoms. The molecule has 0 aliphatic carbocycles. The lowest BCUT2D eigenvalue weighted by Crippen LogP contribution is -2.50. The van der Waals surface area contributed by atoms with Crippen molar-refractivity contribution in [3.63, 3.8) is 0 Å². The third-order valence-electron chi connectivity index (χ3n) is 7.42. The summed E-state index contributed by atoms with van der Waals surface area (Å²) < 4.78 is 23.9. The van der Waals surface area contributed by atoms with Crippen molar-refractivity contribution >= 4 is 16.7 Å². The zero-order chi connectivity index (χ0) is 25.8. The molecule has 6 rings (SSSR count).